The zero-order chi connectivity index (χ0) is 22.7. The van der Waals surface area contributed by atoms with E-state index in [-0.39, 0.29) is 29.4 Å². The zero-order valence-electron chi connectivity index (χ0n) is 16.2. The summed E-state index contributed by atoms with van der Waals surface area (Å²) < 4.78 is 54.4. The van der Waals surface area contributed by atoms with Gasteiger partial charge in [0, 0.05) is 11.1 Å². The highest BCUT2D eigenvalue weighted by Crippen LogP contribution is 2.33. The van der Waals surface area contributed by atoms with Gasteiger partial charge in [0.05, 0.1) is 5.56 Å². The lowest BCUT2D eigenvalue weighted by Crippen LogP contribution is -2.41. The van der Waals surface area contributed by atoms with Crippen molar-refractivity contribution in [1.82, 2.24) is 10.9 Å². The van der Waals surface area contributed by atoms with Crippen molar-refractivity contribution in [3.8, 4) is 23.0 Å². The fraction of sp³-hybridized carbons (Fsp3) is 0.0909. The molecule has 0 saturated heterocycles. The Bertz CT molecular complexity index is 1180. The van der Waals surface area contributed by atoms with E-state index in [0.29, 0.717) is 11.5 Å². The number of fused-ring (bicyclic) bond motifs is 1. The first kappa shape index (κ1) is 21.0. The third kappa shape index (κ3) is 4.75. The largest absolute Gasteiger partial charge is 0.457 e. The SMILES string of the molecule is O=C(NNC(=O)c1ccc2c(c1)OCO2)c1cccc(Oc2cccc(C(F)(F)F)c2)c1. The summed E-state index contributed by atoms with van der Waals surface area (Å²) in [6.45, 7) is 0.0655. The summed E-state index contributed by atoms with van der Waals surface area (Å²) in [5, 5.41) is 0. The van der Waals surface area contributed by atoms with Gasteiger partial charge in [-0.25, -0.2) is 0 Å². The van der Waals surface area contributed by atoms with Gasteiger partial charge in [-0.3, -0.25) is 20.4 Å². The Labute approximate surface area is 179 Å². The van der Waals surface area contributed by atoms with Gasteiger partial charge in [-0.1, -0.05) is 12.1 Å². The second-order valence-corrected chi connectivity index (χ2v) is 6.63. The molecule has 1 aliphatic rings. The van der Waals surface area contributed by atoms with E-state index < -0.39 is 23.6 Å². The molecule has 4 rings (SSSR count). The lowest BCUT2D eigenvalue weighted by molar-refractivity contribution is -0.137. The van der Waals surface area contributed by atoms with Crippen LogP contribution in [0, 0.1) is 0 Å². The fourth-order valence-electron chi connectivity index (χ4n) is 2.87. The maximum atomic E-state index is 12.9. The molecule has 3 aromatic carbocycles. The highest BCUT2D eigenvalue weighted by atomic mass is 19.4. The average molecular weight is 444 g/mol. The van der Waals surface area contributed by atoms with E-state index >= 15 is 0 Å². The van der Waals surface area contributed by atoms with Crippen LogP contribution in [0.2, 0.25) is 0 Å². The predicted octanol–water partition coefficient (Wildman–Crippen LogP) is 4.30. The monoisotopic (exact) mass is 444 g/mol. The summed E-state index contributed by atoms with van der Waals surface area (Å²) in [6.07, 6.45) is -4.50. The molecular formula is C22H15F3N2O5. The molecule has 0 unspecified atom stereocenters. The average Bonchev–Trinajstić information content (AvgIpc) is 3.25. The lowest BCUT2D eigenvalue weighted by Gasteiger charge is -2.11. The van der Waals surface area contributed by atoms with E-state index in [2.05, 4.69) is 10.9 Å². The first-order chi connectivity index (χ1) is 15.3. The van der Waals surface area contributed by atoms with Crippen LogP contribution in [-0.2, 0) is 6.18 Å². The fourth-order valence-corrected chi connectivity index (χ4v) is 2.87. The van der Waals surface area contributed by atoms with E-state index in [1.54, 1.807) is 6.07 Å². The first-order valence-electron chi connectivity index (χ1n) is 9.25. The Morgan fingerprint density at radius 3 is 2.12 bits per heavy atom. The number of amides is 2. The minimum Gasteiger partial charge on any atom is -0.457 e. The van der Waals surface area contributed by atoms with Crippen LogP contribution in [0.3, 0.4) is 0 Å². The highest BCUT2D eigenvalue weighted by Gasteiger charge is 2.30. The van der Waals surface area contributed by atoms with Gasteiger partial charge in [-0.05, 0) is 54.6 Å². The van der Waals surface area contributed by atoms with Gasteiger partial charge in [0.25, 0.3) is 11.8 Å². The predicted molar refractivity (Wildman–Crippen MR) is 105 cm³/mol. The summed E-state index contributed by atoms with van der Waals surface area (Å²) in [6, 6.07) is 14.7. The zero-order valence-corrected chi connectivity index (χ0v) is 16.2. The van der Waals surface area contributed by atoms with Crippen molar-refractivity contribution in [2.45, 2.75) is 6.18 Å². The van der Waals surface area contributed by atoms with Crippen LogP contribution >= 0.6 is 0 Å². The van der Waals surface area contributed by atoms with E-state index in [9.17, 15) is 22.8 Å². The second kappa shape index (κ2) is 8.50. The Morgan fingerprint density at radius 2 is 1.41 bits per heavy atom. The molecule has 0 atom stereocenters. The number of hydrogen-bond acceptors (Lipinski definition) is 5. The molecule has 2 amide bonds. The summed E-state index contributed by atoms with van der Waals surface area (Å²) in [4.78, 5) is 24.6. The van der Waals surface area contributed by atoms with Crippen LogP contribution in [0.25, 0.3) is 0 Å². The Morgan fingerprint density at radius 1 is 0.781 bits per heavy atom. The number of halogens is 3. The molecule has 7 nitrogen and oxygen atoms in total. The van der Waals surface area contributed by atoms with Gasteiger partial charge >= 0.3 is 6.18 Å². The Balaban J connectivity index is 1.40. The van der Waals surface area contributed by atoms with Crippen molar-refractivity contribution < 1.29 is 37.0 Å². The maximum absolute atomic E-state index is 12.9. The van der Waals surface area contributed by atoms with Crippen molar-refractivity contribution >= 4 is 11.8 Å². The number of ether oxygens (including phenoxy) is 3. The number of alkyl halides is 3. The summed E-state index contributed by atoms with van der Waals surface area (Å²) in [5.41, 5.74) is 4.07. The number of benzene rings is 3. The molecular weight excluding hydrogens is 429 g/mol. The molecule has 0 fully saturated rings. The third-order valence-corrected chi connectivity index (χ3v) is 4.42. The molecule has 0 spiro atoms. The number of rotatable bonds is 4. The smallest absolute Gasteiger partial charge is 0.416 e. The van der Waals surface area contributed by atoms with Crippen LogP contribution in [0.4, 0.5) is 13.2 Å². The van der Waals surface area contributed by atoms with Crippen molar-refractivity contribution in [2.24, 2.45) is 0 Å². The molecule has 1 aliphatic heterocycles. The Kier molecular flexibility index (Phi) is 5.59. The van der Waals surface area contributed by atoms with Crippen LogP contribution in [0.5, 0.6) is 23.0 Å². The molecule has 0 radical (unpaired) electrons. The minimum atomic E-state index is -4.50. The molecule has 10 heteroatoms. The number of carbonyl (C=O) groups is 2. The third-order valence-electron chi connectivity index (χ3n) is 4.42. The van der Waals surface area contributed by atoms with E-state index in [1.165, 1.54) is 48.5 Å². The van der Waals surface area contributed by atoms with Crippen molar-refractivity contribution in [2.75, 3.05) is 6.79 Å². The quantitative estimate of drug-likeness (QED) is 0.586. The first-order valence-corrected chi connectivity index (χ1v) is 9.25. The summed E-state index contributed by atoms with van der Waals surface area (Å²) in [5.74, 6) is -0.166. The van der Waals surface area contributed by atoms with Gasteiger partial charge in [0.2, 0.25) is 6.79 Å². The minimum absolute atomic E-state index is 0.0338. The van der Waals surface area contributed by atoms with E-state index in [1.807, 2.05) is 0 Å². The molecule has 0 aromatic heterocycles. The standard InChI is InChI=1S/C22H15F3N2O5/c23-22(24,25)15-4-2-6-17(11-15)32-16-5-1-3-13(9-16)20(28)26-27-21(29)14-7-8-18-19(10-14)31-12-30-18/h1-11H,12H2,(H,26,28)(H,27,29). The lowest BCUT2D eigenvalue weighted by atomic mass is 10.2. The topological polar surface area (TPSA) is 85.9 Å². The molecule has 0 aliphatic carbocycles. The van der Waals surface area contributed by atoms with Gasteiger partial charge in [0.15, 0.2) is 11.5 Å². The second-order valence-electron chi connectivity index (χ2n) is 6.63. The molecule has 1 heterocycles. The van der Waals surface area contributed by atoms with Gasteiger partial charge in [-0.2, -0.15) is 13.2 Å². The molecule has 3 aromatic rings. The molecule has 164 valence electrons. The molecule has 0 saturated carbocycles. The van der Waals surface area contributed by atoms with Crippen molar-refractivity contribution in [3.05, 3.63) is 83.4 Å². The van der Waals surface area contributed by atoms with Crippen LogP contribution in [-0.4, -0.2) is 18.6 Å². The van der Waals surface area contributed by atoms with Crippen LogP contribution < -0.4 is 25.1 Å². The van der Waals surface area contributed by atoms with E-state index in [0.717, 1.165) is 12.1 Å². The van der Waals surface area contributed by atoms with Crippen LogP contribution in [0.15, 0.2) is 66.7 Å². The van der Waals surface area contributed by atoms with Crippen molar-refractivity contribution in [1.29, 1.82) is 0 Å². The van der Waals surface area contributed by atoms with Crippen LogP contribution in [0.1, 0.15) is 26.3 Å². The van der Waals surface area contributed by atoms with Crippen molar-refractivity contribution in [3.63, 3.8) is 0 Å². The summed E-state index contributed by atoms with van der Waals surface area (Å²) >= 11 is 0. The maximum Gasteiger partial charge on any atom is 0.416 e. The number of carbonyl (C=O) groups excluding carboxylic acids is 2. The number of hydrogen-bond donors (Lipinski definition) is 2. The number of nitrogens with one attached hydrogen (secondary N) is 2. The molecule has 0 bridgehead atoms. The van der Waals surface area contributed by atoms with Gasteiger partial charge < -0.3 is 14.2 Å². The Hall–Kier alpha value is -4.21. The van der Waals surface area contributed by atoms with Gasteiger partial charge in [-0.15, -0.1) is 0 Å². The molecule has 2 N–H and O–H groups in total. The van der Waals surface area contributed by atoms with E-state index in [4.69, 9.17) is 14.2 Å². The number of hydrazine groups is 1. The van der Waals surface area contributed by atoms with Gasteiger partial charge in [0.1, 0.15) is 11.5 Å². The normalized spacial score (nSPS) is 12.2. The summed E-state index contributed by atoms with van der Waals surface area (Å²) in [7, 11) is 0. The highest BCUT2D eigenvalue weighted by molar-refractivity contribution is 5.99. The molecule has 32 heavy (non-hydrogen) atoms.